The molecule has 0 aliphatic heterocycles. The summed E-state index contributed by atoms with van der Waals surface area (Å²) in [6.07, 6.45) is 0. The third kappa shape index (κ3) is 2.49. The lowest BCUT2D eigenvalue weighted by atomic mass is 10.0. The van der Waals surface area contributed by atoms with E-state index in [2.05, 4.69) is 26.1 Å². The summed E-state index contributed by atoms with van der Waals surface area (Å²) in [6, 6.07) is 6.15. The molecule has 3 rings (SSSR count). The zero-order chi connectivity index (χ0) is 15.1. The summed E-state index contributed by atoms with van der Waals surface area (Å²) >= 11 is 8.93. The van der Waals surface area contributed by atoms with Crippen LogP contribution >= 0.6 is 27.5 Å². The van der Waals surface area contributed by atoms with Crippen LogP contribution in [0.5, 0.6) is 0 Å². The molecule has 0 spiro atoms. The summed E-state index contributed by atoms with van der Waals surface area (Å²) in [5.41, 5.74) is 0.789. The lowest BCUT2D eigenvalue weighted by molar-refractivity contribution is 0.511. The van der Waals surface area contributed by atoms with Gasteiger partial charge in [0.25, 0.3) is 0 Å². The third-order valence-electron chi connectivity index (χ3n) is 2.97. The Bertz CT molecular complexity index is 870. The highest BCUT2D eigenvalue weighted by molar-refractivity contribution is 9.10. The number of hydrogen-bond donors (Lipinski definition) is 0. The maximum Gasteiger partial charge on any atom is 0.159 e. The average molecular weight is 374 g/mol. The summed E-state index contributed by atoms with van der Waals surface area (Å²) in [4.78, 5) is 0. The number of fused-ring (bicyclic) bond motifs is 1. The van der Waals surface area contributed by atoms with Crippen molar-refractivity contribution in [2.24, 2.45) is 0 Å². The first kappa shape index (κ1) is 14.3. The van der Waals surface area contributed by atoms with Crippen molar-refractivity contribution >= 4 is 38.3 Å². The molecule has 0 aliphatic carbocycles. The van der Waals surface area contributed by atoms with Gasteiger partial charge in [-0.25, -0.2) is 13.2 Å². The van der Waals surface area contributed by atoms with E-state index in [1.54, 1.807) is 0 Å². The molecule has 1 aromatic heterocycles. The fourth-order valence-corrected chi connectivity index (χ4v) is 2.54. The Morgan fingerprint density at radius 1 is 0.857 bits per heavy atom. The van der Waals surface area contributed by atoms with Gasteiger partial charge in [0, 0.05) is 16.3 Å². The number of nitrogens with zero attached hydrogens (tertiary/aromatic N) is 2. The molecule has 0 aliphatic rings. The number of hydrogen-bond acceptors (Lipinski definition) is 2. The molecule has 0 bridgehead atoms. The average Bonchev–Trinajstić information content (AvgIpc) is 2.45. The quantitative estimate of drug-likeness (QED) is 0.591. The van der Waals surface area contributed by atoms with Crippen LogP contribution in [0.25, 0.3) is 22.0 Å². The van der Waals surface area contributed by atoms with Gasteiger partial charge >= 0.3 is 0 Å². The summed E-state index contributed by atoms with van der Waals surface area (Å²) in [7, 11) is 0. The van der Waals surface area contributed by atoms with Gasteiger partial charge in [-0.2, -0.15) is 0 Å². The molecular weight excluding hydrogens is 369 g/mol. The van der Waals surface area contributed by atoms with E-state index in [-0.39, 0.29) is 20.7 Å². The van der Waals surface area contributed by atoms with Gasteiger partial charge in [0.15, 0.2) is 16.8 Å². The molecule has 1 heterocycles. The van der Waals surface area contributed by atoms with E-state index in [1.807, 2.05) is 0 Å². The van der Waals surface area contributed by atoms with Crippen LogP contribution in [0.15, 0.2) is 34.8 Å². The molecule has 2 nitrogen and oxygen atoms in total. The predicted molar refractivity (Wildman–Crippen MR) is 77.6 cm³/mol. The number of benzene rings is 2. The molecule has 0 radical (unpaired) electrons. The van der Waals surface area contributed by atoms with Crippen LogP contribution < -0.4 is 0 Å². The van der Waals surface area contributed by atoms with E-state index in [0.717, 1.165) is 12.1 Å². The van der Waals surface area contributed by atoms with Crippen LogP contribution in [0, 0.1) is 17.5 Å². The maximum atomic E-state index is 13.5. The van der Waals surface area contributed by atoms with Crippen molar-refractivity contribution in [3.63, 3.8) is 0 Å². The number of halogens is 5. The molecule has 0 saturated carbocycles. The Morgan fingerprint density at radius 3 is 2.19 bits per heavy atom. The summed E-state index contributed by atoms with van der Waals surface area (Å²) in [6.45, 7) is 0. The second-order valence-electron chi connectivity index (χ2n) is 4.28. The molecular formula is C14H5BrClF3N2. The highest BCUT2D eigenvalue weighted by atomic mass is 79.9. The van der Waals surface area contributed by atoms with E-state index in [4.69, 9.17) is 11.6 Å². The fourth-order valence-electron chi connectivity index (χ4n) is 1.97. The molecule has 0 unspecified atom stereocenters. The van der Waals surface area contributed by atoms with Crippen molar-refractivity contribution in [2.45, 2.75) is 0 Å². The summed E-state index contributed by atoms with van der Waals surface area (Å²) in [5, 5.41) is 8.13. The van der Waals surface area contributed by atoms with Crippen molar-refractivity contribution in [1.29, 1.82) is 0 Å². The van der Waals surface area contributed by atoms with Crippen molar-refractivity contribution in [2.75, 3.05) is 0 Å². The van der Waals surface area contributed by atoms with E-state index >= 15 is 0 Å². The minimum atomic E-state index is -1.02. The Hall–Kier alpha value is -1.66. The normalized spacial score (nSPS) is 11.1. The fraction of sp³-hybridized carbons (Fsp3) is 0. The van der Waals surface area contributed by atoms with Gasteiger partial charge in [0.1, 0.15) is 11.5 Å². The Balaban J connectivity index is 2.35. The first-order valence-electron chi connectivity index (χ1n) is 5.73. The van der Waals surface area contributed by atoms with Gasteiger partial charge in [-0.15, -0.1) is 10.2 Å². The minimum absolute atomic E-state index is 0.0335. The molecule has 0 atom stereocenters. The zero-order valence-electron chi connectivity index (χ0n) is 10.2. The van der Waals surface area contributed by atoms with Gasteiger partial charge in [-0.3, -0.25) is 0 Å². The molecule has 21 heavy (non-hydrogen) atoms. The van der Waals surface area contributed by atoms with E-state index in [1.165, 1.54) is 18.2 Å². The minimum Gasteiger partial charge on any atom is -0.206 e. The molecule has 0 fully saturated rings. The van der Waals surface area contributed by atoms with Crippen LogP contribution in [0.3, 0.4) is 0 Å². The molecule has 0 saturated heterocycles. The van der Waals surface area contributed by atoms with Gasteiger partial charge in [-0.1, -0.05) is 11.6 Å². The van der Waals surface area contributed by atoms with Crippen molar-refractivity contribution in [3.05, 3.63) is 57.4 Å². The van der Waals surface area contributed by atoms with E-state index in [0.29, 0.717) is 10.9 Å². The van der Waals surface area contributed by atoms with Crippen LogP contribution in [0.1, 0.15) is 0 Å². The van der Waals surface area contributed by atoms with Crippen LogP contribution in [-0.2, 0) is 0 Å². The Labute approximate surface area is 130 Å². The molecule has 0 amide bonds. The molecule has 0 N–H and O–H groups in total. The third-order valence-corrected chi connectivity index (χ3v) is 3.86. The van der Waals surface area contributed by atoms with E-state index < -0.39 is 17.5 Å². The summed E-state index contributed by atoms with van der Waals surface area (Å²) in [5.74, 6) is -2.49. The van der Waals surface area contributed by atoms with Crippen LogP contribution in [-0.4, -0.2) is 10.2 Å². The Morgan fingerprint density at radius 2 is 1.52 bits per heavy atom. The van der Waals surface area contributed by atoms with Gasteiger partial charge < -0.3 is 0 Å². The first-order valence-corrected chi connectivity index (χ1v) is 6.91. The van der Waals surface area contributed by atoms with E-state index in [9.17, 15) is 13.2 Å². The highest BCUT2D eigenvalue weighted by Gasteiger charge is 2.15. The molecule has 2 aromatic carbocycles. The van der Waals surface area contributed by atoms with Crippen molar-refractivity contribution in [3.8, 4) is 11.3 Å². The smallest absolute Gasteiger partial charge is 0.159 e. The lowest BCUT2D eigenvalue weighted by Crippen LogP contribution is -1.95. The van der Waals surface area contributed by atoms with Gasteiger partial charge in [-0.05, 0) is 46.3 Å². The molecule has 7 heteroatoms. The van der Waals surface area contributed by atoms with Crippen LogP contribution in [0.4, 0.5) is 13.2 Å². The van der Waals surface area contributed by atoms with Crippen molar-refractivity contribution in [1.82, 2.24) is 10.2 Å². The van der Waals surface area contributed by atoms with Gasteiger partial charge in [0.05, 0.1) is 4.47 Å². The molecule has 106 valence electrons. The first-order chi connectivity index (χ1) is 9.97. The van der Waals surface area contributed by atoms with Gasteiger partial charge in [0.2, 0.25) is 0 Å². The molecule has 3 aromatic rings. The van der Waals surface area contributed by atoms with Crippen molar-refractivity contribution < 1.29 is 13.2 Å². The number of aromatic nitrogens is 2. The summed E-state index contributed by atoms with van der Waals surface area (Å²) < 4.78 is 40.3. The number of rotatable bonds is 1. The Kier molecular flexibility index (Phi) is 3.59. The second-order valence-corrected chi connectivity index (χ2v) is 5.49. The maximum absolute atomic E-state index is 13.5. The predicted octanol–water partition coefficient (Wildman–Crippen LogP) is 5.13. The largest absolute Gasteiger partial charge is 0.206 e. The zero-order valence-corrected chi connectivity index (χ0v) is 12.5. The standard InChI is InChI=1S/C14H5BrClF3N2/c15-9-3-6(1-2-10(9)17)13-7-4-11(18)12(19)5-8(7)14(16)21-20-13/h1-5H. The lowest BCUT2D eigenvalue weighted by Gasteiger charge is -2.08. The van der Waals surface area contributed by atoms with Crippen LogP contribution in [0.2, 0.25) is 5.15 Å². The second kappa shape index (κ2) is 5.27. The monoisotopic (exact) mass is 372 g/mol. The SMILES string of the molecule is Fc1cc2c(Cl)nnc(-c3ccc(F)c(Br)c3)c2cc1F. The highest BCUT2D eigenvalue weighted by Crippen LogP contribution is 2.32. The topological polar surface area (TPSA) is 25.8 Å².